The second kappa shape index (κ2) is 5.24. The second-order valence-electron chi connectivity index (χ2n) is 4.59. The van der Waals surface area contributed by atoms with Gasteiger partial charge in [0.05, 0.1) is 19.4 Å². The van der Waals surface area contributed by atoms with Gasteiger partial charge in [0.15, 0.2) is 11.5 Å². The van der Waals surface area contributed by atoms with Crippen LogP contribution in [-0.2, 0) is 0 Å². The van der Waals surface area contributed by atoms with Crippen LogP contribution in [0.25, 0.3) is 0 Å². The summed E-state index contributed by atoms with van der Waals surface area (Å²) in [7, 11) is 0. The molecule has 1 aliphatic heterocycles. The number of carbonyl (C=O) groups excluding carboxylic acids is 1. The van der Waals surface area contributed by atoms with Crippen molar-refractivity contribution in [2.45, 2.75) is 13.3 Å². The van der Waals surface area contributed by atoms with Crippen molar-refractivity contribution >= 4 is 11.7 Å². The smallest absolute Gasteiger partial charge is 0.256 e. The van der Waals surface area contributed by atoms with Crippen molar-refractivity contribution in [1.82, 2.24) is 10.2 Å². The van der Waals surface area contributed by atoms with Crippen molar-refractivity contribution in [2.75, 3.05) is 18.5 Å². The van der Waals surface area contributed by atoms with Crippen LogP contribution in [0.3, 0.4) is 0 Å². The van der Waals surface area contributed by atoms with Gasteiger partial charge >= 0.3 is 0 Å². The minimum absolute atomic E-state index is 0.215. The number of aryl methyl sites for hydroxylation is 1. The van der Waals surface area contributed by atoms with E-state index >= 15 is 0 Å². The van der Waals surface area contributed by atoms with Crippen LogP contribution in [0.1, 0.15) is 22.3 Å². The third kappa shape index (κ3) is 2.45. The molecule has 0 unspecified atom stereocenters. The highest BCUT2D eigenvalue weighted by Gasteiger charge is 2.15. The number of fused-ring (bicyclic) bond motifs is 1. The van der Waals surface area contributed by atoms with Crippen molar-refractivity contribution in [2.24, 2.45) is 0 Å². The van der Waals surface area contributed by atoms with Gasteiger partial charge in [0.1, 0.15) is 5.82 Å². The van der Waals surface area contributed by atoms with Gasteiger partial charge < -0.3 is 14.8 Å². The van der Waals surface area contributed by atoms with E-state index in [9.17, 15) is 4.79 Å². The summed E-state index contributed by atoms with van der Waals surface area (Å²) in [5.41, 5.74) is 1.40. The van der Waals surface area contributed by atoms with E-state index in [1.54, 1.807) is 24.4 Å². The highest BCUT2D eigenvalue weighted by atomic mass is 16.5. The van der Waals surface area contributed by atoms with E-state index in [0.29, 0.717) is 36.1 Å². The molecule has 0 spiro atoms. The number of ether oxygens (including phenoxy) is 2. The molecule has 104 valence electrons. The normalized spacial score (nSPS) is 13.7. The Kier molecular flexibility index (Phi) is 3.28. The van der Waals surface area contributed by atoms with Crippen LogP contribution in [0.15, 0.2) is 24.4 Å². The number of hydrogen-bond acceptors (Lipinski definition) is 4. The third-order valence-corrected chi connectivity index (χ3v) is 3.08. The van der Waals surface area contributed by atoms with Crippen LogP contribution < -0.4 is 14.8 Å². The summed E-state index contributed by atoms with van der Waals surface area (Å²) in [4.78, 5) is 12.2. The molecule has 0 saturated heterocycles. The average Bonchev–Trinajstić information content (AvgIpc) is 2.73. The van der Waals surface area contributed by atoms with E-state index in [2.05, 4.69) is 15.5 Å². The Morgan fingerprint density at radius 2 is 2.10 bits per heavy atom. The predicted octanol–water partition coefficient (Wildman–Crippen LogP) is 2.13. The predicted molar refractivity (Wildman–Crippen MR) is 73.3 cm³/mol. The summed E-state index contributed by atoms with van der Waals surface area (Å²) < 4.78 is 11.1. The van der Waals surface area contributed by atoms with Crippen LogP contribution in [0.4, 0.5) is 5.82 Å². The number of amides is 1. The standard InChI is InChI=1S/C14H15N3O3/c1-9-8-15-17-13(9)16-14(18)10-3-4-11-12(7-10)20-6-2-5-19-11/h3-4,7-8H,2,5-6H2,1H3,(H2,15,16,17,18). The molecule has 0 atom stereocenters. The number of carbonyl (C=O) groups is 1. The van der Waals surface area contributed by atoms with Crippen LogP contribution in [-0.4, -0.2) is 29.3 Å². The van der Waals surface area contributed by atoms with E-state index in [0.717, 1.165) is 12.0 Å². The van der Waals surface area contributed by atoms with Crippen molar-refractivity contribution in [3.05, 3.63) is 35.5 Å². The lowest BCUT2D eigenvalue weighted by atomic mass is 10.2. The number of benzene rings is 1. The molecule has 3 rings (SSSR count). The molecule has 1 amide bonds. The van der Waals surface area contributed by atoms with Crippen molar-refractivity contribution in [3.8, 4) is 11.5 Å². The summed E-state index contributed by atoms with van der Waals surface area (Å²) >= 11 is 0. The first-order valence-corrected chi connectivity index (χ1v) is 6.45. The summed E-state index contributed by atoms with van der Waals surface area (Å²) in [6.07, 6.45) is 2.49. The maximum absolute atomic E-state index is 12.2. The maximum Gasteiger partial charge on any atom is 0.256 e. The van der Waals surface area contributed by atoms with Gasteiger partial charge in [-0.2, -0.15) is 5.10 Å². The molecular weight excluding hydrogens is 258 g/mol. The summed E-state index contributed by atoms with van der Waals surface area (Å²) in [5, 5.41) is 9.38. The molecule has 2 heterocycles. The lowest BCUT2D eigenvalue weighted by molar-refractivity contribution is 0.102. The molecule has 0 saturated carbocycles. The monoisotopic (exact) mass is 273 g/mol. The zero-order valence-electron chi connectivity index (χ0n) is 11.1. The first-order chi connectivity index (χ1) is 9.74. The summed E-state index contributed by atoms with van der Waals surface area (Å²) in [6, 6.07) is 5.17. The zero-order valence-corrected chi connectivity index (χ0v) is 11.1. The van der Waals surface area contributed by atoms with E-state index in [-0.39, 0.29) is 5.91 Å². The summed E-state index contributed by atoms with van der Waals surface area (Å²) in [5.74, 6) is 1.67. The molecule has 2 aromatic rings. The first kappa shape index (κ1) is 12.5. The summed E-state index contributed by atoms with van der Waals surface area (Å²) in [6.45, 7) is 3.09. The molecule has 6 nitrogen and oxygen atoms in total. The molecule has 1 aromatic carbocycles. The molecule has 0 aliphatic carbocycles. The number of nitrogens with zero attached hydrogens (tertiary/aromatic N) is 1. The van der Waals surface area contributed by atoms with Crippen LogP contribution in [0.2, 0.25) is 0 Å². The van der Waals surface area contributed by atoms with E-state index in [1.165, 1.54) is 0 Å². The van der Waals surface area contributed by atoms with Gasteiger partial charge in [0.25, 0.3) is 5.91 Å². The number of aromatic amines is 1. The lowest BCUT2D eigenvalue weighted by Gasteiger charge is -2.09. The van der Waals surface area contributed by atoms with Crippen LogP contribution in [0, 0.1) is 6.92 Å². The zero-order chi connectivity index (χ0) is 13.9. The Morgan fingerprint density at radius 1 is 1.30 bits per heavy atom. The molecular formula is C14H15N3O3. The molecule has 1 aliphatic rings. The van der Waals surface area contributed by atoms with Gasteiger partial charge in [-0.05, 0) is 25.1 Å². The van der Waals surface area contributed by atoms with Crippen molar-refractivity contribution < 1.29 is 14.3 Å². The molecule has 0 radical (unpaired) electrons. The fourth-order valence-corrected chi connectivity index (χ4v) is 1.96. The molecule has 2 N–H and O–H groups in total. The van der Waals surface area contributed by atoms with E-state index in [4.69, 9.17) is 9.47 Å². The minimum Gasteiger partial charge on any atom is -0.490 e. The molecule has 6 heteroatoms. The van der Waals surface area contributed by atoms with Gasteiger partial charge in [-0.1, -0.05) is 0 Å². The number of anilines is 1. The molecule has 1 aromatic heterocycles. The Labute approximate surface area is 116 Å². The number of rotatable bonds is 2. The number of H-pyrrole nitrogens is 1. The van der Waals surface area contributed by atoms with Gasteiger partial charge in [0, 0.05) is 17.5 Å². The molecule has 0 bridgehead atoms. The van der Waals surface area contributed by atoms with Gasteiger partial charge in [0.2, 0.25) is 0 Å². The maximum atomic E-state index is 12.2. The van der Waals surface area contributed by atoms with Crippen molar-refractivity contribution in [3.63, 3.8) is 0 Å². The quantitative estimate of drug-likeness (QED) is 0.878. The Bertz CT molecular complexity index is 636. The van der Waals surface area contributed by atoms with Gasteiger partial charge in [-0.15, -0.1) is 0 Å². The van der Waals surface area contributed by atoms with E-state index < -0.39 is 0 Å². The minimum atomic E-state index is -0.215. The Balaban J connectivity index is 1.82. The van der Waals surface area contributed by atoms with Gasteiger partial charge in [-0.3, -0.25) is 9.89 Å². The van der Waals surface area contributed by atoms with E-state index in [1.807, 2.05) is 6.92 Å². The average molecular weight is 273 g/mol. The Morgan fingerprint density at radius 3 is 2.85 bits per heavy atom. The fraction of sp³-hybridized carbons (Fsp3) is 0.286. The third-order valence-electron chi connectivity index (χ3n) is 3.08. The SMILES string of the molecule is Cc1cn[nH]c1NC(=O)c1ccc2c(c1)OCCCO2. The van der Waals surface area contributed by atoms with Crippen LogP contribution in [0.5, 0.6) is 11.5 Å². The fourth-order valence-electron chi connectivity index (χ4n) is 1.96. The van der Waals surface area contributed by atoms with Crippen LogP contribution >= 0.6 is 0 Å². The highest BCUT2D eigenvalue weighted by molar-refractivity contribution is 6.04. The topological polar surface area (TPSA) is 76.2 Å². The lowest BCUT2D eigenvalue weighted by Crippen LogP contribution is -2.13. The number of aromatic nitrogens is 2. The van der Waals surface area contributed by atoms with Crippen molar-refractivity contribution in [1.29, 1.82) is 0 Å². The number of nitrogens with one attached hydrogen (secondary N) is 2. The highest BCUT2D eigenvalue weighted by Crippen LogP contribution is 2.30. The molecule has 0 fully saturated rings. The molecule has 20 heavy (non-hydrogen) atoms. The van der Waals surface area contributed by atoms with Gasteiger partial charge in [-0.25, -0.2) is 0 Å². The largest absolute Gasteiger partial charge is 0.490 e. The number of hydrogen-bond donors (Lipinski definition) is 2. The first-order valence-electron chi connectivity index (χ1n) is 6.45. The second-order valence-corrected chi connectivity index (χ2v) is 4.59. The Hall–Kier alpha value is -2.50.